The highest BCUT2D eigenvalue weighted by molar-refractivity contribution is 8.00. The van der Waals surface area contributed by atoms with Gasteiger partial charge in [-0.15, -0.1) is 10.2 Å². The number of nitrogen functional groups attached to an aromatic ring is 1. The number of rotatable bonds is 7. The zero-order valence-corrected chi connectivity index (χ0v) is 16.4. The Hall–Kier alpha value is -2.74. The molecule has 0 bridgehead atoms. The lowest BCUT2D eigenvalue weighted by molar-refractivity contribution is -0.115. The molecular formula is C19H23N5O2S. The number of aromatic nitrogens is 3. The first-order valence-corrected chi connectivity index (χ1v) is 9.70. The van der Waals surface area contributed by atoms with E-state index < -0.39 is 5.25 Å². The maximum Gasteiger partial charge on any atom is 0.237 e. The fraction of sp³-hybridized carbons (Fsp3) is 0.316. The number of thioether (sulfide) groups is 1. The summed E-state index contributed by atoms with van der Waals surface area (Å²) in [5, 5.41) is 11.2. The largest absolute Gasteiger partial charge is 0.461 e. The molecule has 0 aliphatic heterocycles. The summed E-state index contributed by atoms with van der Waals surface area (Å²) in [4.78, 5) is 12.7. The van der Waals surface area contributed by atoms with E-state index in [2.05, 4.69) is 29.4 Å². The van der Waals surface area contributed by atoms with Gasteiger partial charge in [-0.1, -0.05) is 43.8 Å². The molecule has 0 aliphatic rings. The summed E-state index contributed by atoms with van der Waals surface area (Å²) < 4.78 is 6.63. The standard InChI is InChI=1S/C19H23N5O2S/c1-4-12(2)14-8-5-6-9-15(14)21-18(25)13(3)27-19-23-22-17(24(19)20)16-10-7-11-26-16/h5-13H,4,20H2,1-3H3,(H,21,25)/t12-,13+/m0/s1. The molecule has 0 fully saturated rings. The van der Waals surface area contributed by atoms with Gasteiger partial charge in [0.25, 0.3) is 0 Å². The summed E-state index contributed by atoms with van der Waals surface area (Å²) in [6, 6.07) is 11.4. The monoisotopic (exact) mass is 385 g/mol. The fourth-order valence-corrected chi connectivity index (χ4v) is 3.41. The third-order valence-corrected chi connectivity index (χ3v) is 5.48. The van der Waals surface area contributed by atoms with Crippen LogP contribution >= 0.6 is 11.8 Å². The Balaban J connectivity index is 1.71. The summed E-state index contributed by atoms with van der Waals surface area (Å²) in [5.74, 6) is 7.25. The van der Waals surface area contributed by atoms with E-state index in [0.29, 0.717) is 22.7 Å². The van der Waals surface area contributed by atoms with Crippen molar-refractivity contribution in [2.24, 2.45) is 0 Å². The quantitative estimate of drug-likeness (QED) is 0.473. The van der Waals surface area contributed by atoms with Gasteiger partial charge in [0.05, 0.1) is 11.5 Å². The third kappa shape index (κ3) is 4.16. The molecule has 0 aliphatic carbocycles. The Kier molecular flexibility index (Phi) is 5.85. The van der Waals surface area contributed by atoms with Crippen molar-refractivity contribution in [3.63, 3.8) is 0 Å². The smallest absolute Gasteiger partial charge is 0.237 e. The van der Waals surface area contributed by atoms with Crippen molar-refractivity contribution in [1.82, 2.24) is 14.9 Å². The van der Waals surface area contributed by atoms with Crippen molar-refractivity contribution in [2.75, 3.05) is 11.2 Å². The van der Waals surface area contributed by atoms with Gasteiger partial charge in [-0.3, -0.25) is 4.79 Å². The van der Waals surface area contributed by atoms with E-state index in [1.54, 1.807) is 18.4 Å². The van der Waals surface area contributed by atoms with Crippen LogP contribution in [0.25, 0.3) is 11.6 Å². The van der Waals surface area contributed by atoms with Crippen LogP contribution in [-0.2, 0) is 4.79 Å². The molecule has 2 heterocycles. The van der Waals surface area contributed by atoms with E-state index in [0.717, 1.165) is 17.7 Å². The summed E-state index contributed by atoms with van der Waals surface area (Å²) >= 11 is 1.25. The molecule has 0 unspecified atom stereocenters. The average Bonchev–Trinajstić information content (AvgIpc) is 3.32. The Morgan fingerprint density at radius 3 is 2.74 bits per heavy atom. The number of nitrogens with two attached hydrogens (primary N) is 1. The van der Waals surface area contributed by atoms with Gasteiger partial charge in [0, 0.05) is 5.69 Å². The second-order valence-electron chi connectivity index (χ2n) is 6.30. The van der Waals surface area contributed by atoms with Crippen LogP contribution in [0.4, 0.5) is 5.69 Å². The molecule has 27 heavy (non-hydrogen) atoms. The van der Waals surface area contributed by atoms with E-state index in [9.17, 15) is 4.79 Å². The summed E-state index contributed by atoms with van der Waals surface area (Å²) in [5.41, 5.74) is 1.97. The number of anilines is 1. The van der Waals surface area contributed by atoms with E-state index >= 15 is 0 Å². The van der Waals surface area contributed by atoms with Crippen LogP contribution in [0.5, 0.6) is 0 Å². The Bertz CT molecular complexity index is 907. The number of benzene rings is 1. The molecule has 0 radical (unpaired) electrons. The molecule has 7 nitrogen and oxygen atoms in total. The van der Waals surface area contributed by atoms with Crippen molar-refractivity contribution in [2.45, 2.75) is 43.5 Å². The van der Waals surface area contributed by atoms with Crippen LogP contribution in [0.2, 0.25) is 0 Å². The van der Waals surface area contributed by atoms with Crippen molar-refractivity contribution >= 4 is 23.4 Å². The number of para-hydroxylation sites is 1. The van der Waals surface area contributed by atoms with Crippen LogP contribution in [-0.4, -0.2) is 26.0 Å². The number of carbonyl (C=O) groups is 1. The number of hydrogen-bond acceptors (Lipinski definition) is 6. The number of nitrogens with zero attached hydrogens (tertiary/aromatic N) is 3. The molecular weight excluding hydrogens is 362 g/mol. The molecule has 1 amide bonds. The van der Waals surface area contributed by atoms with Crippen LogP contribution in [0.3, 0.4) is 0 Å². The summed E-state index contributed by atoms with van der Waals surface area (Å²) in [7, 11) is 0. The van der Waals surface area contributed by atoms with Crippen LogP contribution < -0.4 is 11.2 Å². The molecule has 3 N–H and O–H groups in total. The van der Waals surface area contributed by atoms with Gasteiger partial charge in [0.2, 0.25) is 16.9 Å². The van der Waals surface area contributed by atoms with E-state index in [1.165, 1.54) is 16.4 Å². The highest BCUT2D eigenvalue weighted by Gasteiger charge is 2.21. The highest BCUT2D eigenvalue weighted by Crippen LogP contribution is 2.29. The zero-order chi connectivity index (χ0) is 19.4. The number of carbonyl (C=O) groups excluding carboxylic acids is 1. The molecule has 0 saturated carbocycles. The minimum Gasteiger partial charge on any atom is -0.461 e. The van der Waals surface area contributed by atoms with Gasteiger partial charge in [0.1, 0.15) is 0 Å². The van der Waals surface area contributed by atoms with Gasteiger partial charge in [-0.2, -0.15) is 0 Å². The normalized spacial score (nSPS) is 13.3. The molecule has 2 aromatic heterocycles. The van der Waals surface area contributed by atoms with E-state index in [-0.39, 0.29) is 5.91 Å². The zero-order valence-electron chi connectivity index (χ0n) is 15.5. The number of nitrogens with one attached hydrogen (secondary N) is 1. The van der Waals surface area contributed by atoms with Gasteiger partial charge >= 0.3 is 0 Å². The topological polar surface area (TPSA) is 99.0 Å². The van der Waals surface area contributed by atoms with Gasteiger partial charge in [-0.25, -0.2) is 4.68 Å². The molecule has 2 atom stereocenters. The first-order valence-electron chi connectivity index (χ1n) is 8.82. The number of hydrogen-bond donors (Lipinski definition) is 2. The van der Waals surface area contributed by atoms with Crippen molar-refractivity contribution in [3.05, 3.63) is 48.2 Å². The van der Waals surface area contributed by atoms with Gasteiger partial charge in [0.15, 0.2) is 5.76 Å². The predicted molar refractivity (Wildman–Crippen MR) is 107 cm³/mol. The van der Waals surface area contributed by atoms with Crippen molar-refractivity contribution < 1.29 is 9.21 Å². The minimum absolute atomic E-state index is 0.113. The first kappa shape index (κ1) is 19.0. The number of amides is 1. The summed E-state index contributed by atoms with van der Waals surface area (Å²) in [6.07, 6.45) is 2.55. The van der Waals surface area contributed by atoms with Crippen LogP contribution in [0, 0.1) is 0 Å². The molecule has 0 saturated heterocycles. The molecule has 3 rings (SSSR count). The Morgan fingerprint density at radius 1 is 1.26 bits per heavy atom. The lowest BCUT2D eigenvalue weighted by atomic mass is 9.97. The predicted octanol–water partition coefficient (Wildman–Crippen LogP) is 3.88. The number of furan rings is 1. The van der Waals surface area contributed by atoms with Crippen LogP contribution in [0.15, 0.2) is 52.2 Å². The second-order valence-corrected chi connectivity index (χ2v) is 7.61. The average molecular weight is 385 g/mol. The maximum atomic E-state index is 12.7. The van der Waals surface area contributed by atoms with Crippen molar-refractivity contribution in [3.8, 4) is 11.6 Å². The Morgan fingerprint density at radius 2 is 2.04 bits per heavy atom. The van der Waals surface area contributed by atoms with Gasteiger partial charge in [-0.05, 0) is 43.0 Å². The molecule has 0 spiro atoms. The molecule has 1 aromatic carbocycles. The lowest BCUT2D eigenvalue weighted by Gasteiger charge is -2.17. The first-order chi connectivity index (χ1) is 13.0. The lowest BCUT2D eigenvalue weighted by Crippen LogP contribution is -2.24. The minimum atomic E-state index is -0.397. The SMILES string of the molecule is CC[C@H](C)c1ccccc1NC(=O)[C@@H](C)Sc1nnc(-c2ccco2)n1N. The van der Waals surface area contributed by atoms with E-state index in [1.807, 2.05) is 31.2 Å². The summed E-state index contributed by atoms with van der Waals surface area (Å²) in [6.45, 7) is 6.09. The molecule has 142 valence electrons. The Labute approximate surface area is 162 Å². The second kappa shape index (κ2) is 8.30. The molecule has 8 heteroatoms. The fourth-order valence-electron chi connectivity index (χ4n) is 2.64. The van der Waals surface area contributed by atoms with E-state index in [4.69, 9.17) is 10.3 Å². The molecule has 3 aromatic rings. The van der Waals surface area contributed by atoms with Gasteiger partial charge < -0.3 is 15.6 Å². The van der Waals surface area contributed by atoms with Crippen LogP contribution in [0.1, 0.15) is 38.7 Å². The third-order valence-electron chi connectivity index (χ3n) is 4.42. The highest BCUT2D eigenvalue weighted by atomic mass is 32.2. The maximum absolute atomic E-state index is 12.7. The van der Waals surface area contributed by atoms with Crippen molar-refractivity contribution in [1.29, 1.82) is 0 Å².